The van der Waals surface area contributed by atoms with Gasteiger partial charge in [0.2, 0.25) is 11.7 Å². The average Bonchev–Trinajstić information content (AvgIpc) is 2.77. The fourth-order valence-electron chi connectivity index (χ4n) is 3.06. The Kier molecular flexibility index (Phi) is 5.92. The number of methoxy groups -OCH3 is 1. The molecule has 7 heteroatoms. The number of nitrogens with one attached hydrogen (secondary N) is 1. The van der Waals surface area contributed by atoms with Gasteiger partial charge in [-0.15, -0.1) is 0 Å². The first-order valence-electron chi connectivity index (χ1n) is 9.36. The lowest BCUT2D eigenvalue weighted by atomic mass is 10.0. The van der Waals surface area contributed by atoms with Crippen molar-refractivity contribution in [3.8, 4) is 17.7 Å². The number of nitrogens with zero attached hydrogens (tertiary/aromatic N) is 1. The third-order valence-corrected chi connectivity index (χ3v) is 5.68. The molecule has 0 saturated heterocycles. The molecule has 0 bridgehead atoms. The SMILES string of the molecule is COc1cc(CC#Cc2ccc3c(c2)C(=O)/C(=C\c2cccc(F)c2)S(=O)N3)ccn1. The number of hydrogen-bond donors (Lipinski definition) is 1. The van der Waals surface area contributed by atoms with E-state index in [2.05, 4.69) is 21.5 Å². The number of ketones is 1. The molecule has 1 aliphatic heterocycles. The van der Waals surface area contributed by atoms with Gasteiger partial charge in [0.25, 0.3) is 0 Å². The minimum Gasteiger partial charge on any atom is -0.481 e. The Bertz CT molecular complexity index is 1290. The maximum absolute atomic E-state index is 13.5. The second-order valence-corrected chi connectivity index (χ2v) is 7.89. The van der Waals surface area contributed by atoms with E-state index in [4.69, 9.17) is 4.74 Å². The molecule has 1 aliphatic rings. The predicted octanol–water partition coefficient (Wildman–Crippen LogP) is 4.14. The van der Waals surface area contributed by atoms with Crippen molar-refractivity contribution in [2.24, 2.45) is 0 Å². The Morgan fingerprint density at radius 3 is 2.87 bits per heavy atom. The zero-order valence-corrected chi connectivity index (χ0v) is 17.3. The van der Waals surface area contributed by atoms with E-state index in [1.54, 1.807) is 37.6 Å². The zero-order chi connectivity index (χ0) is 21.8. The van der Waals surface area contributed by atoms with Gasteiger partial charge in [-0.25, -0.2) is 13.6 Å². The molecule has 0 saturated carbocycles. The summed E-state index contributed by atoms with van der Waals surface area (Å²) in [6, 6.07) is 14.6. The number of carbonyl (C=O) groups is 1. The number of anilines is 1. The quantitative estimate of drug-likeness (QED) is 0.499. The molecule has 0 radical (unpaired) electrons. The summed E-state index contributed by atoms with van der Waals surface area (Å²) in [5, 5.41) is 0. The van der Waals surface area contributed by atoms with Crippen molar-refractivity contribution in [1.29, 1.82) is 0 Å². The number of halogens is 1. The van der Waals surface area contributed by atoms with Gasteiger partial charge in [-0.05, 0) is 53.6 Å². The number of rotatable bonds is 3. The van der Waals surface area contributed by atoms with Gasteiger partial charge < -0.3 is 9.46 Å². The van der Waals surface area contributed by atoms with Crippen LogP contribution in [0, 0.1) is 17.7 Å². The number of Topliss-reactive ketones (excluding diaryl/α,β-unsaturated/α-hetero) is 1. The second-order valence-electron chi connectivity index (χ2n) is 6.71. The molecule has 31 heavy (non-hydrogen) atoms. The van der Waals surface area contributed by atoms with Crippen molar-refractivity contribution in [1.82, 2.24) is 4.98 Å². The molecular weight excluding hydrogens is 415 g/mol. The molecule has 1 N–H and O–H groups in total. The molecule has 2 heterocycles. The lowest BCUT2D eigenvalue weighted by Crippen LogP contribution is -2.22. The van der Waals surface area contributed by atoms with Gasteiger partial charge in [0, 0.05) is 29.8 Å². The first kappa shape index (κ1) is 20.5. The number of ether oxygens (including phenoxy) is 1. The van der Waals surface area contributed by atoms with Crippen molar-refractivity contribution >= 4 is 28.5 Å². The summed E-state index contributed by atoms with van der Waals surface area (Å²) < 4.78 is 33.9. The Balaban J connectivity index is 1.59. The van der Waals surface area contributed by atoms with E-state index in [1.165, 1.54) is 24.3 Å². The fourth-order valence-corrected chi connectivity index (χ4v) is 4.07. The van der Waals surface area contributed by atoms with Crippen LogP contribution in [0.4, 0.5) is 10.1 Å². The Morgan fingerprint density at radius 1 is 1.19 bits per heavy atom. The maximum atomic E-state index is 13.5. The lowest BCUT2D eigenvalue weighted by molar-refractivity contribution is 0.104. The number of benzene rings is 2. The number of allylic oxidation sites excluding steroid dienone is 1. The van der Waals surface area contributed by atoms with Gasteiger partial charge in [-0.3, -0.25) is 4.79 Å². The number of fused-ring (bicyclic) bond motifs is 1. The third kappa shape index (κ3) is 4.71. The highest BCUT2D eigenvalue weighted by Crippen LogP contribution is 2.29. The van der Waals surface area contributed by atoms with E-state index in [-0.39, 0.29) is 10.7 Å². The molecule has 0 aliphatic carbocycles. The topological polar surface area (TPSA) is 68.3 Å². The molecule has 154 valence electrons. The number of aromatic nitrogens is 1. The van der Waals surface area contributed by atoms with E-state index in [0.717, 1.165) is 5.56 Å². The molecule has 3 aromatic rings. The number of hydrogen-bond acceptors (Lipinski definition) is 4. The molecule has 4 rings (SSSR count). The summed E-state index contributed by atoms with van der Waals surface area (Å²) >= 11 is 0. The lowest BCUT2D eigenvalue weighted by Gasteiger charge is -2.19. The molecule has 1 aromatic heterocycles. The molecular formula is C24H17FN2O3S. The highest BCUT2D eigenvalue weighted by Gasteiger charge is 2.27. The predicted molar refractivity (Wildman–Crippen MR) is 118 cm³/mol. The van der Waals surface area contributed by atoms with Crippen LogP contribution in [0.3, 0.4) is 0 Å². The first-order valence-corrected chi connectivity index (χ1v) is 10.5. The van der Waals surface area contributed by atoms with Crippen molar-refractivity contribution in [3.63, 3.8) is 0 Å². The molecule has 0 amide bonds. The average molecular weight is 432 g/mol. The van der Waals surface area contributed by atoms with Crippen LogP contribution in [0.25, 0.3) is 6.08 Å². The van der Waals surface area contributed by atoms with Crippen molar-refractivity contribution in [2.75, 3.05) is 11.8 Å². The van der Waals surface area contributed by atoms with Gasteiger partial charge in [-0.2, -0.15) is 0 Å². The smallest absolute Gasteiger partial charge is 0.213 e. The van der Waals surface area contributed by atoms with Crippen LogP contribution >= 0.6 is 0 Å². The molecule has 1 atom stereocenters. The molecule has 1 unspecified atom stereocenters. The fraction of sp³-hybridized carbons (Fsp3) is 0.0833. The summed E-state index contributed by atoms with van der Waals surface area (Å²) in [4.78, 5) is 17.1. The monoisotopic (exact) mass is 432 g/mol. The van der Waals surface area contributed by atoms with E-state index in [9.17, 15) is 13.4 Å². The van der Waals surface area contributed by atoms with Crippen molar-refractivity contribution in [3.05, 3.63) is 93.8 Å². The highest BCUT2D eigenvalue weighted by molar-refractivity contribution is 7.91. The highest BCUT2D eigenvalue weighted by atomic mass is 32.2. The van der Waals surface area contributed by atoms with E-state index in [0.29, 0.717) is 34.7 Å². The van der Waals surface area contributed by atoms with Crippen LogP contribution < -0.4 is 9.46 Å². The number of pyridine rings is 1. The van der Waals surface area contributed by atoms with Crippen LogP contribution in [0.5, 0.6) is 5.88 Å². The summed E-state index contributed by atoms with van der Waals surface area (Å²) in [6.45, 7) is 0. The van der Waals surface area contributed by atoms with Crippen LogP contribution in [0.1, 0.15) is 27.0 Å². The molecule has 2 aromatic carbocycles. The summed E-state index contributed by atoms with van der Waals surface area (Å²) in [6.07, 6.45) is 3.59. The Labute approximate surface area is 181 Å². The van der Waals surface area contributed by atoms with Gasteiger partial charge in [0.05, 0.1) is 12.8 Å². The van der Waals surface area contributed by atoms with Crippen LogP contribution in [-0.2, 0) is 17.4 Å². The molecule has 0 fully saturated rings. The molecule has 5 nitrogen and oxygen atoms in total. The Hall–Kier alpha value is -3.76. The maximum Gasteiger partial charge on any atom is 0.213 e. The van der Waals surface area contributed by atoms with E-state index < -0.39 is 16.8 Å². The van der Waals surface area contributed by atoms with Crippen molar-refractivity contribution in [2.45, 2.75) is 6.42 Å². The van der Waals surface area contributed by atoms with E-state index in [1.807, 2.05) is 12.1 Å². The van der Waals surface area contributed by atoms with Gasteiger partial charge in [0.1, 0.15) is 10.7 Å². The minimum atomic E-state index is -1.73. The minimum absolute atomic E-state index is 0.0621. The van der Waals surface area contributed by atoms with Crippen LogP contribution in [-0.4, -0.2) is 22.1 Å². The normalized spacial score (nSPS) is 16.1. The molecule has 0 spiro atoms. The van der Waals surface area contributed by atoms with Gasteiger partial charge >= 0.3 is 0 Å². The largest absolute Gasteiger partial charge is 0.481 e. The number of carbonyl (C=O) groups excluding carboxylic acids is 1. The first-order chi connectivity index (χ1) is 15.0. The van der Waals surface area contributed by atoms with Crippen LogP contribution in [0.15, 0.2) is 65.7 Å². The standard InChI is InChI=1S/C24H17FN2O3S/c1-30-23-15-17(10-11-26-23)5-2-4-16-8-9-21-20(13-16)24(28)22(31(29)27-21)14-18-6-3-7-19(25)12-18/h3,6-15,27H,5H2,1H3/b22-14+. The van der Waals surface area contributed by atoms with E-state index >= 15 is 0 Å². The van der Waals surface area contributed by atoms with Crippen LogP contribution in [0.2, 0.25) is 0 Å². The summed E-state index contributed by atoms with van der Waals surface area (Å²) in [7, 11) is -0.176. The second kappa shape index (κ2) is 8.94. The van der Waals surface area contributed by atoms with Gasteiger partial charge in [0.15, 0.2) is 11.0 Å². The summed E-state index contributed by atoms with van der Waals surface area (Å²) in [5.74, 6) is 5.84. The third-order valence-electron chi connectivity index (χ3n) is 4.57. The zero-order valence-electron chi connectivity index (χ0n) is 16.5. The van der Waals surface area contributed by atoms with Gasteiger partial charge in [-0.1, -0.05) is 24.0 Å². The Morgan fingerprint density at radius 2 is 2.06 bits per heavy atom. The van der Waals surface area contributed by atoms with Crippen molar-refractivity contribution < 1.29 is 18.1 Å². The summed E-state index contributed by atoms with van der Waals surface area (Å²) in [5.41, 5.74) is 2.94.